The Hall–Kier alpha value is -2.87. The number of hydrogen-bond donors (Lipinski definition) is 1. The van der Waals surface area contributed by atoms with E-state index in [-0.39, 0.29) is 5.91 Å². The second-order valence-electron chi connectivity index (χ2n) is 6.07. The molecule has 23 heavy (non-hydrogen) atoms. The minimum Gasteiger partial charge on any atom is -0.325 e. The van der Waals surface area contributed by atoms with Crippen LogP contribution in [0.4, 0.5) is 5.69 Å². The molecule has 0 saturated carbocycles. The van der Waals surface area contributed by atoms with Crippen molar-refractivity contribution in [2.24, 2.45) is 0 Å². The van der Waals surface area contributed by atoms with Gasteiger partial charge in [-0.15, -0.1) is 0 Å². The van der Waals surface area contributed by atoms with Crippen LogP contribution in [0.25, 0.3) is 11.1 Å². The third-order valence-electron chi connectivity index (χ3n) is 4.74. The molecule has 0 bridgehead atoms. The van der Waals surface area contributed by atoms with Crippen LogP contribution in [0.3, 0.4) is 0 Å². The van der Waals surface area contributed by atoms with Crippen molar-refractivity contribution in [3.8, 4) is 11.1 Å². The van der Waals surface area contributed by atoms with Gasteiger partial charge in [0.05, 0.1) is 5.41 Å². The molecular weight excluding hydrogens is 282 g/mol. The fourth-order valence-electron chi connectivity index (χ4n) is 3.31. The van der Waals surface area contributed by atoms with Crippen molar-refractivity contribution in [3.63, 3.8) is 0 Å². The largest absolute Gasteiger partial charge is 0.325 e. The van der Waals surface area contributed by atoms with Crippen LogP contribution in [0.5, 0.6) is 0 Å². The molecule has 0 spiro atoms. The van der Waals surface area contributed by atoms with Gasteiger partial charge in [0.15, 0.2) is 0 Å². The minimum atomic E-state index is -0.633. The van der Waals surface area contributed by atoms with Crippen molar-refractivity contribution < 1.29 is 4.79 Å². The van der Waals surface area contributed by atoms with E-state index in [1.54, 1.807) is 0 Å². The molecule has 1 heterocycles. The number of para-hydroxylation sites is 1. The summed E-state index contributed by atoms with van der Waals surface area (Å²) in [6.45, 7) is 1.99. The van der Waals surface area contributed by atoms with Gasteiger partial charge in [0.2, 0.25) is 5.91 Å². The zero-order valence-corrected chi connectivity index (χ0v) is 12.9. The van der Waals surface area contributed by atoms with E-state index in [9.17, 15) is 4.79 Å². The number of carbonyl (C=O) groups is 1. The SMILES string of the molecule is CC1(c2ccc(-c3ccccc3)cc2)C(=O)Nc2ccccc21. The molecule has 3 aromatic carbocycles. The fraction of sp³-hybridized carbons (Fsp3) is 0.0952. The second-order valence-corrected chi connectivity index (χ2v) is 6.07. The number of fused-ring (bicyclic) bond motifs is 1. The summed E-state index contributed by atoms with van der Waals surface area (Å²) < 4.78 is 0. The predicted molar refractivity (Wildman–Crippen MR) is 93.4 cm³/mol. The normalized spacial score (nSPS) is 19.3. The minimum absolute atomic E-state index is 0.0335. The van der Waals surface area contributed by atoms with Crippen molar-refractivity contribution in [2.75, 3.05) is 5.32 Å². The van der Waals surface area contributed by atoms with Gasteiger partial charge < -0.3 is 5.32 Å². The van der Waals surface area contributed by atoms with Crippen LogP contribution < -0.4 is 5.32 Å². The first kappa shape index (κ1) is 13.8. The van der Waals surface area contributed by atoms with Gasteiger partial charge in [-0.05, 0) is 35.2 Å². The number of hydrogen-bond acceptors (Lipinski definition) is 1. The Labute approximate surface area is 135 Å². The Balaban J connectivity index is 1.78. The Morgan fingerprint density at radius 3 is 2.09 bits per heavy atom. The number of amides is 1. The van der Waals surface area contributed by atoms with Crippen molar-refractivity contribution in [2.45, 2.75) is 12.3 Å². The zero-order valence-electron chi connectivity index (χ0n) is 12.9. The van der Waals surface area contributed by atoms with Crippen molar-refractivity contribution in [1.29, 1.82) is 0 Å². The number of nitrogens with one attached hydrogen (secondary N) is 1. The average molecular weight is 299 g/mol. The molecule has 1 N–H and O–H groups in total. The van der Waals surface area contributed by atoms with Gasteiger partial charge in [-0.1, -0.05) is 72.8 Å². The topological polar surface area (TPSA) is 29.1 Å². The summed E-state index contributed by atoms with van der Waals surface area (Å²) in [5, 5.41) is 2.99. The summed E-state index contributed by atoms with van der Waals surface area (Å²) in [4.78, 5) is 12.6. The van der Waals surface area contributed by atoms with E-state index in [4.69, 9.17) is 0 Å². The van der Waals surface area contributed by atoms with E-state index in [1.165, 1.54) is 5.56 Å². The molecule has 112 valence electrons. The van der Waals surface area contributed by atoms with E-state index >= 15 is 0 Å². The lowest BCUT2D eigenvalue weighted by molar-refractivity contribution is -0.119. The third-order valence-corrected chi connectivity index (χ3v) is 4.74. The van der Waals surface area contributed by atoms with Crippen LogP contribution in [-0.4, -0.2) is 5.91 Å². The van der Waals surface area contributed by atoms with Crippen molar-refractivity contribution >= 4 is 11.6 Å². The van der Waals surface area contributed by atoms with Gasteiger partial charge in [-0.3, -0.25) is 4.79 Å². The summed E-state index contributed by atoms with van der Waals surface area (Å²) in [6.07, 6.45) is 0. The maximum atomic E-state index is 12.6. The summed E-state index contributed by atoms with van der Waals surface area (Å²) >= 11 is 0. The number of benzene rings is 3. The number of anilines is 1. The third kappa shape index (κ3) is 2.07. The molecule has 3 aromatic rings. The quantitative estimate of drug-likeness (QED) is 0.735. The summed E-state index contributed by atoms with van der Waals surface area (Å²) in [6, 6.07) is 26.5. The molecule has 1 unspecified atom stereocenters. The molecule has 0 fully saturated rings. The van der Waals surface area contributed by atoms with E-state index in [2.05, 4.69) is 41.7 Å². The van der Waals surface area contributed by atoms with Crippen LogP contribution in [0.1, 0.15) is 18.1 Å². The summed E-state index contributed by atoms with van der Waals surface area (Å²) in [5.74, 6) is 0.0335. The molecular formula is C21H17NO. The highest BCUT2D eigenvalue weighted by Gasteiger charge is 2.43. The lowest BCUT2D eigenvalue weighted by Gasteiger charge is -2.23. The molecule has 2 nitrogen and oxygen atoms in total. The zero-order chi connectivity index (χ0) is 15.9. The van der Waals surface area contributed by atoms with Gasteiger partial charge in [0.1, 0.15) is 0 Å². The maximum Gasteiger partial charge on any atom is 0.239 e. The molecule has 1 amide bonds. The Bertz CT molecular complexity index is 868. The van der Waals surface area contributed by atoms with Gasteiger partial charge >= 0.3 is 0 Å². The molecule has 0 aliphatic carbocycles. The number of carbonyl (C=O) groups excluding carboxylic acids is 1. The monoisotopic (exact) mass is 299 g/mol. The standard InChI is InChI=1S/C21H17NO/c1-21(18-9-5-6-10-19(18)22-20(21)23)17-13-11-16(12-14-17)15-7-3-2-4-8-15/h2-14H,1H3,(H,22,23). The molecule has 0 aromatic heterocycles. The first-order valence-corrected chi connectivity index (χ1v) is 7.76. The molecule has 1 aliphatic heterocycles. The lowest BCUT2D eigenvalue weighted by atomic mass is 9.77. The maximum absolute atomic E-state index is 12.6. The molecule has 0 radical (unpaired) electrons. The molecule has 1 atom stereocenters. The molecule has 1 aliphatic rings. The van der Waals surface area contributed by atoms with Crippen LogP contribution >= 0.6 is 0 Å². The molecule has 2 heteroatoms. The first-order valence-electron chi connectivity index (χ1n) is 7.76. The van der Waals surface area contributed by atoms with Crippen LogP contribution in [0.2, 0.25) is 0 Å². The van der Waals surface area contributed by atoms with E-state index in [0.29, 0.717) is 0 Å². The Kier molecular flexibility index (Phi) is 3.05. The van der Waals surface area contributed by atoms with E-state index < -0.39 is 5.41 Å². The molecule has 0 saturated heterocycles. The highest BCUT2D eigenvalue weighted by molar-refractivity contribution is 6.08. The summed E-state index contributed by atoms with van der Waals surface area (Å²) in [5.41, 5.74) is 4.67. The van der Waals surface area contributed by atoms with Crippen molar-refractivity contribution in [1.82, 2.24) is 0 Å². The van der Waals surface area contributed by atoms with E-state index in [1.807, 2.05) is 49.4 Å². The predicted octanol–water partition coefficient (Wildman–Crippen LogP) is 4.61. The number of rotatable bonds is 2. The van der Waals surface area contributed by atoms with Crippen LogP contribution in [-0.2, 0) is 10.2 Å². The lowest BCUT2D eigenvalue weighted by Crippen LogP contribution is -2.32. The summed E-state index contributed by atoms with van der Waals surface area (Å²) in [7, 11) is 0. The molecule has 4 rings (SSSR count). The van der Waals surface area contributed by atoms with Gasteiger partial charge in [-0.2, -0.15) is 0 Å². The first-order chi connectivity index (χ1) is 11.2. The van der Waals surface area contributed by atoms with Crippen molar-refractivity contribution in [3.05, 3.63) is 90.0 Å². The second kappa shape index (κ2) is 5.10. The van der Waals surface area contributed by atoms with E-state index in [0.717, 1.165) is 22.4 Å². The average Bonchev–Trinajstić information content (AvgIpc) is 2.88. The Morgan fingerprint density at radius 1 is 0.739 bits per heavy atom. The van der Waals surface area contributed by atoms with Gasteiger partial charge in [0.25, 0.3) is 0 Å². The highest BCUT2D eigenvalue weighted by atomic mass is 16.2. The van der Waals surface area contributed by atoms with Gasteiger partial charge in [-0.25, -0.2) is 0 Å². The van der Waals surface area contributed by atoms with Crippen LogP contribution in [0.15, 0.2) is 78.9 Å². The Morgan fingerprint density at radius 2 is 1.35 bits per heavy atom. The fourth-order valence-corrected chi connectivity index (χ4v) is 3.31. The highest BCUT2D eigenvalue weighted by Crippen LogP contribution is 2.42. The van der Waals surface area contributed by atoms with Gasteiger partial charge in [0, 0.05) is 5.69 Å². The smallest absolute Gasteiger partial charge is 0.239 e. The van der Waals surface area contributed by atoms with Crippen LogP contribution in [0, 0.1) is 0 Å².